The molecule has 2 aromatic rings. The molecule has 112 valence electrons. The second kappa shape index (κ2) is 5.49. The lowest BCUT2D eigenvalue weighted by molar-refractivity contribution is 0.589. The lowest BCUT2D eigenvalue weighted by Crippen LogP contribution is -2.40. The molecule has 0 unspecified atom stereocenters. The van der Waals surface area contributed by atoms with Crippen molar-refractivity contribution in [1.82, 2.24) is 9.13 Å². The molecule has 2 rings (SSSR count). The van der Waals surface area contributed by atoms with E-state index in [-0.39, 0.29) is 0 Å². The largest absolute Gasteiger partial charge is 0.330 e. The summed E-state index contributed by atoms with van der Waals surface area (Å²) >= 11 is 3.23. The van der Waals surface area contributed by atoms with Crippen LogP contribution < -0.4 is 16.0 Å². The van der Waals surface area contributed by atoms with Crippen LogP contribution in [0.1, 0.15) is 0 Å². The van der Waals surface area contributed by atoms with Gasteiger partial charge in [0.15, 0.2) is 4.90 Å². The number of rotatable bonds is 3. The molecule has 0 saturated heterocycles. The summed E-state index contributed by atoms with van der Waals surface area (Å²) in [6.45, 7) is 0. The quantitative estimate of drug-likeness (QED) is 0.854. The summed E-state index contributed by atoms with van der Waals surface area (Å²) < 4.78 is 29.4. The SMILES string of the molecule is Cn1cc(S(=O)(=O)Nc2cccc(Br)c2)c(=O)n(C)c1=O. The van der Waals surface area contributed by atoms with Crippen LogP contribution in [0.25, 0.3) is 0 Å². The van der Waals surface area contributed by atoms with Gasteiger partial charge in [-0.1, -0.05) is 22.0 Å². The topological polar surface area (TPSA) is 90.2 Å². The van der Waals surface area contributed by atoms with E-state index in [0.717, 1.165) is 15.3 Å². The van der Waals surface area contributed by atoms with Crippen LogP contribution in [0.15, 0.2) is 49.4 Å². The van der Waals surface area contributed by atoms with E-state index in [1.807, 2.05) is 0 Å². The van der Waals surface area contributed by atoms with E-state index < -0.39 is 26.2 Å². The number of hydrogen-bond donors (Lipinski definition) is 1. The molecule has 1 aromatic heterocycles. The van der Waals surface area contributed by atoms with Gasteiger partial charge in [-0.3, -0.25) is 14.1 Å². The van der Waals surface area contributed by atoms with Gasteiger partial charge in [-0.2, -0.15) is 0 Å². The summed E-state index contributed by atoms with van der Waals surface area (Å²) in [6, 6.07) is 6.50. The molecule has 0 bridgehead atoms. The van der Waals surface area contributed by atoms with Gasteiger partial charge in [-0.15, -0.1) is 0 Å². The first kappa shape index (κ1) is 15.5. The van der Waals surface area contributed by atoms with E-state index in [0.29, 0.717) is 10.2 Å². The number of sulfonamides is 1. The first-order valence-corrected chi connectivity index (χ1v) is 8.05. The first-order chi connectivity index (χ1) is 9.72. The number of aryl methyl sites for hydroxylation is 1. The van der Waals surface area contributed by atoms with Crippen molar-refractivity contribution in [1.29, 1.82) is 0 Å². The molecule has 0 atom stereocenters. The molecule has 0 fully saturated rings. The van der Waals surface area contributed by atoms with Crippen molar-refractivity contribution in [2.45, 2.75) is 4.90 Å². The lowest BCUT2D eigenvalue weighted by Gasteiger charge is -2.10. The molecule has 9 heteroatoms. The fourth-order valence-corrected chi connectivity index (χ4v) is 3.33. The summed E-state index contributed by atoms with van der Waals surface area (Å²) in [5.74, 6) is 0. The Kier molecular flexibility index (Phi) is 4.06. The fraction of sp³-hybridized carbons (Fsp3) is 0.167. The van der Waals surface area contributed by atoms with Crippen molar-refractivity contribution in [2.24, 2.45) is 14.1 Å². The van der Waals surface area contributed by atoms with Crippen LogP contribution in [0, 0.1) is 0 Å². The Morgan fingerprint density at radius 1 is 1.19 bits per heavy atom. The molecule has 1 heterocycles. The summed E-state index contributed by atoms with van der Waals surface area (Å²) in [5, 5.41) is 0. The molecule has 0 aliphatic heterocycles. The monoisotopic (exact) mass is 373 g/mol. The standard InChI is InChI=1S/C12H12BrN3O4S/c1-15-7-10(11(17)16(2)12(15)18)21(19,20)14-9-5-3-4-8(13)6-9/h3-7,14H,1-2H3. The summed E-state index contributed by atoms with van der Waals surface area (Å²) in [7, 11) is -1.49. The van der Waals surface area contributed by atoms with Crippen LogP contribution in [-0.2, 0) is 24.1 Å². The van der Waals surface area contributed by atoms with Crippen LogP contribution in [0.2, 0.25) is 0 Å². The van der Waals surface area contributed by atoms with Gasteiger partial charge in [-0.05, 0) is 18.2 Å². The zero-order valence-electron chi connectivity index (χ0n) is 11.2. The molecule has 0 saturated carbocycles. The highest BCUT2D eigenvalue weighted by Crippen LogP contribution is 2.18. The molecular formula is C12H12BrN3O4S. The van der Waals surface area contributed by atoms with Gasteiger partial charge < -0.3 is 4.57 Å². The highest BCUT2D eigenvalue weighted by Gasteiger charge is 2.21. The molecular weight excluding hydrogens is 362 g/mol. The molecule has 0 amide bonds. The predicted molar refractivity (Wildman–Crippen MR) is 81.9 cm³/mol. The molecule has 21 heavy (non-hydrogen) atoms. The maximum atomic E-state index is 12.3. The Balaban J connectivity index is 2.56. The van der Waals surface area contributed by atoms with Crippen molar-refractivity contribution in [3.8, 4) is 0 Å². The zero-order valence-corrected chi connectivity index (χ0v) is 13.6. The summed E-state index contributed by atoms with van der Waals surface area (Å²) in [4.78, 5) is 23.0. The maximum Gasteiger partial charge on any atom is 0.330 e. The lowest BCUT2D eigenvalue weighted by atomic mass is 10.3. The number of aromatic nitrogens is 2. The van der Waals surface area contributed by atoms with E-state index in [2.05, 4.69) is 20.7 Å². The van der Waals surface area contributed by atoms with Crippen LogP contribution in [0.4, 0.5) is 5.69 Å². The minimum atomic E-state index is -4.09. The van der Waals surface area contributed by atoms with Gasteiger partial charge >= 0.3 is 5.69 Å². The van der Waals surface area contributed by atoms with E-state index in [1.165, 1.54) is 14.1 Å². The van der Waals surface area contributed by atoms with Crippen LogP contribution in [0.3, 0.4) is 0 Å². The van der Waals surface area contributed by atoms with Gasteiger partial charge in [0.1, 0.15) is 0 Å². The molecule has 0 aliphatic carbocycles. The van der Waals surface area contributed by atoms with Crippen molar-refractivity contribution in [2.75, 3.05) is 4.72 Å². The van der Waals surface area contributed by atoms with Gasteiger partial charge in [0.05, 0.1) is 0 Å². The second-order valence-corrected chi connectivity index (χ2v) is 6.93. The van der Waals surface area contributed by atoms with Crippen molar-refractivity contribution >= 4 is 31.6 Å². The predicted octanol–water partition coefficient (Wildman–Crippen LogP) is 0.647. The molecule has 0 aliphatic rings. The third-order valence-electron chi connectivity index (χ3n) is 2.78. The minimum absolute atomic E-state index is 0.306. The van der Waals surface area contributed by atoms with Gasteiger partial charge in [0.2, 0.25) is 0 Å². The Morgan fingerprint density at radius 2 is 1.86 bits per heavy atom. The molecule has 7 nitrogen and oxygen atoms in total. The molecule has 0 spiro atoms. The third-order valence-corrected chi connectivity index (χ3v) is 4.64. The van der Waals surface area contributed by atoms with Crippen LogP contribution >= 0.6 is 15.9 Å². The van der Waals surface area contributed by atoms with Crippen LogP contribution in [0.5, 0.6) is 0 Å². The number of nitrogens with zero attached hydrogens (tertiary/aromatic N) is 2. The van der Waals surface area contributed by atoms with Crippen molar-refractivity contribution in [3.63, 3.8) is 0 Å². The molecule has 1 N–H and O–H groups in total. The van der Waals surface area contributed by atoms with E-state index >= 15 is 0 Å². The molecule has 0 radical (unpaired) electrons. The number of anilines is 1. The van der Waals surface area contributed by atoms with Crippen LogP contribution in [-0.4, -0.2) is 17.6 Å². The Morgan fingerprint density at radius 3 is 2.48 bits per heavy atom. The number of halogens is 1. The Bertz CT molecular complexity index is 915. The average Bonchev–Trinajstić information content (AvgIpc) is 2.40. The highest BCUT2D eigenvalue weighted by molar-refractivity contribution is 9.10. The fourth-order valence-electron chi connectivity index (χ4n) is 1.72. The van der Waals surface area contributed by atoms with Crippen molar-refractivity contribution in [3.05, 3.63) is 55.8 Å². The highest BCUT2D eigenvalue weighted by atomic mass is 79.9. The smallest absolute Gasteiger partial charge is 0.302 e. The van der Waals surface area contributed by atoms with Gasteiger partial charge in [0.25, 0.3) is 15.6 Å². The average molecular weight is 374 g/mol. The minimum Gasteiger partial charge on any atom is -0.302 e. The Labute approximate surface area is 129 Å². The van der Waals surface area contributed by atoms with E-state index in [4.69, 9.17) is 0 Å². The third kappa shape index (κ3) is 3.08. The number of hydrogen-bond acceptors (Lipinski definition) is 4. The normalized spacial score (nSPS) is 11.4. The number of nitrogens with one attached hydrogen (secondary N) is 1. The summed E-state index contributed by atoms with van der Waals surface area (Å²) in [6.07, 6.45) is 1.00. The molecule has 1 aromatic carbocycles. The maximum absolute atomic E-state index is 12.3. The summed E-state index contributed by atoms with van der Waals surface area (Å²) in [5.41, 5.74) is -1.16. The van der Waals surface area contributed by atoms with Gasteiger partial charge in [-0.25, -0.2) is 13.2 Å². The second-order valence-electron chi connectivity index (χ2n) is 4.37. The number of benzene rings is 1. The first-order valence-electron chi connectivity index (χ1n) is 5.77. The van der Waals surface area contributed by atoms with E-state index in [1.54, 1.807) is 24.3 Å². The zero-order chi connectivity index (χ0) is 15.8. The van der Waals surface area contributed by atoms with Crippen molar-refractivity contribution < 1.29 is 8.42 Å². The van der Waals surface area contributed by atoms with Gasteiger partial charge in [0, 0.05) is 30.5 Å². The Hall–Kier alpha value is -1.87. The van der Waals surface area contributed by atoms with E-state index in [9.17, 15) is 18.0 Å².